The Morgan fingerprint density at radius 2 is 0.930 bits per heavy atom. The quantitative estimate of drug-likeness (QED) is 0.176. The Balaban J connectivity index is 0.956. The van der Waals surface area contributed by atoms with Crippen molar-refractivity contribution in [1.82, 2.24) is 19.5 Å². The second kappa shape index (κ2) is 12.3. The van der Waals surface area contributed by atoms with Gasteiger partial charge in [-0.2, -0.15) is 9.97 Å². The maximum absolute atomic E-state index is 6.74. The molecule has 0 amide bonds. The van der Waals surface area contributed by atoms with Gasteiger partial charge < -0.3 is 8.83 Å². The third kappa shape index (κ3) is 4.94. The molecule has 0 aliphatic carbocycles. The summed E-state index contributed by atoms with van der Waals surface area (Å²) in [7, 11) is 0. The Bertz CT molecular complexity index is 3470. The Kier molecular flexibility index (Phi) is 6.83. The standard InChI is InChI=1S/C51H30N4O2/c1-2-12-32(13-3-1)49-52-50(54-51(53-49)55-42-20-7-4-14-35(42)36-15-5-8-21-43(36)55)33-26-24-31(25-27-33)34-28-29-37-39-18-10-19-40(48(39)57-46(37)30-34)38-17-11-23-45-47(38)41-16-6-9-22-44(41)56-45/h1-30H. The Morgan fingerprint density at radius 1 is 0.351 bits per heavy atom. The normalized spacial score (nSPS) is 11.9. The third-order valence-electron chi connectivity index (χ3n) is 11.1. The van der Waals surface area contributed by atoms with E-state index in [2.05, 4.69) is 132 Å². The van der Waals surface area contributed by atoms with E-state index in [1.165, 1.54) is 0 Å². The summed E-state index contributed by atoms with van der Waals surface area (Å²) >= 11 is 0. The van der Waals surface area contributed by atoms with Gasteiger partial charge >= 0.3 is 0 Å². The summed E-state index contributed by atoms with van der Waals surface area (Å²) in [5.41, 5.74) is 11.6. The lowest BCUT2D eigenvalue weighted by molar-refractivity contribution is 0.668. The molecule has 4 heterocycles. The molecule has 0 N–H and O–H groups in total. The van der Waals surface area contributed by atoms with Gasteiger partial charge in [-0.25, -0.2) is 4.98 Å². The van der Waals surface area contributed by atoms with E-state index in [-0.39, 0.29) is 0 Å². The average molecular weight is 731 g/mol. The van der Waals surface area contributed by atoms with Crippen LogP contribution in [0.25, 0.3) is 117 Å². The molecule has 6 nitrogen and oxygen atoms in total. The molecule has 0 bridgehead atoms. The molecule has 0 radical (unpaired) electrons. The fourth-order valence-electron chi connectivity index (χ4n) is 8.45. The monoisotopic (exact) mass is 730 g/mol. The van der Waals surface area contributed by atoms with Crippen molar-refractivity contribution in [2.24, 2.45) is 0 Å². The largest absolute Gasteiger partial charge is 0.456 e. The Morgan fingerprint density at radius 3 is 1.70 bits per heavy atom. The van der Waals surface area contributed by atoms with Crippen LogP contribution in [-0.4, -0.2) is 19.5 Å². The number of rotatable bonds is 5. The van der Waals surface area contributed by atoms with E-state index in [1.807, 2.05) is 54.6 Å². The summed E-state index contributed by atoms with van der Waals surface area (Å²) in [6.07, 6.45) is 0. The van der Waals surface area contributed by atoms with E-state index in [9.17, 15) is 0 Å². The summed E-state index contributed by atoms with van der Waals surface area (Å²) in [5.74, 6) is 1.80. The second-order valence-electron chi connectivity index (χ2n) is 14.4. The van der Waals surface area contributed by atoms with E-state index in [0.29, 0.717) is 17.6 Å². The lowest BCUT2D eigenvalue weighted by Gasteiger charge is -2.11. The number of hydrogen-bond acceptors (Lipinski definition) is 5. The smallest absolute Gasteiger partial charge is 0.238 e. The van der Waals surface area contributed by atoms with Crippen molar-refractivity contribution in [3.8, 4) is 51.0 Å². The van der Waals surface area contributed by atoms with Crippen molar-refractivity contribution in [2.45, 2.75) is 0 Å². The van der Waals surface area contributed by atoms with Gasteiger partial charge in [0.1, 0.15) is 22.3 Å². The first-order valence-electron chi connectivity index (χ1n) is 19.0. The van der Waals surface area contributed by atoms with E-state index in [0.717, 1.165) is 99.1 Å². The van der Waals surface area contributed by atoms with Crippen LogP contribution in [0, 0.1) is 0 Å². The molecule has 12 aromatic rings. The molecule has 0 spiro atoms. The zero-order chi connectivity index (χ0) is 37.5. The first kappa shape index (κ1) is 31.5. The van der Waals surface area contributed by atoms with Crippen molar-refractivity contribution in [1.29, 1.82) is 0 Å². The molecule has 266 valence electrons. The Hall–Kier alpha value is -7.83. The van der Waals surface area contributed by atoms with E-state index in [1.54, 1.807) is 0 Å². The van der Waals surface area contributed by atoms with Crippen LogP contribution in [0.15, 0.2) is 191 Å². The zero-order valence-electron chi connectivity index (χ0n) is 30.4. The molecule has 8 aromatic carbocycles. The molecular formula is C51H30N4O2. The van der Waals surface area contributed by atoms with Gasteiger partial charge in [-0.3, -0.25) is 4.57 Å². The van der Waals surface area contributed by atoms with Gasteiger partial charge in [-0.15, -0.1) is 0 Å². The van der Waals surface area contributed by atoms with E-state index < -0.39 is 0 Å². The van der Waals surface area contributed by atoms with Gasteiger partial charge in [0, 0.05) is 49.0 Å². The molecule has 57 heavy (non-hydrogen) atoms. The van der Waals surface area contributed by atoms with Crippen LogP contribution in [0.5, 0.6) is 0 Å². The molecule has 0 unspecified atom stereocenters. The summed E-state index contributed by atoms with van der Waals surface area (Å²) < 4.78 is 15.1. The SMILES string of the molecule is c1ccc(-c2nc(-c3ccc(-c4ccc5c(c4)oc4c(-c6cccc7oc8ccccc8c67)cccc45)cc3)nc(-n3c4ccccc4c4ccccc43)n2)cc1. The van der Waals surface area contributed by atoms with Crippen LogP contribution < -0.4 is 0 Å². The van der Waals surface area contributed by atoms with E-state index >= 15 is 0 Å². The van der Waals surface area contributed by atoms with Crippen LogP contribution in [-0.2, 0) is 0 Å². The number of para-hydroxylation sites is 4. The van der Waals surface area contributed by atoms with Crippen molar-refractivity contribution in [3.05, 3.63) is 182 Å². The van der Waals surface area contributed by atoms with Crippen LogP contribution >= 0.6 is 0 Å². The van der Waals surface area contributed by atoms with Gasteiger partial charge in [0.25, 0.3) is 0 Å². The lowest BCUT2D eigenvalue weighted by Crippen LogP contribution is -2.06. The van der Waals surface area contributed by atoms with Crippen molar-refractivity contribution >= 4 is 65.7 Å². The zero-order valence-corrected chi connectivity index (χ0v) is 30.4. The molecule has 0 fully saturated rings. The fourth-order valence-corrected chi connectivity index (χ4v) is 8.45. The molecule has 0 saturated heterocycles. The van der Waals surface area contributed by atoms with Gasteiger partial charge in [0.05, 0.1) is 11.0 Å². The third-order valence-corrected chi connectivity index (χ3v) is 11.1. The molecule has 0 saturated carbocycles. The van der Waals surface area contributed by atoms with Crippen LogP contribution in [0.3, 0.4) is 0 Å². The summed E-state index contributed by atoms with van der Waals surface area (Å²) in [4.78, 5) is 15.2. The molecule has 0 aliphatic rings. The number of nitrogens with zero attached hydrogens (tertiary/aromatic N) is 4. The number of furan rings is 2. The highest BCUT2D eigenvalue weighted by molar-refractivity contribution is 6.17. The van der Waals surface area contributed by atoms with Gasteiger partial charge in [-0.1, -0.05) is 146 Å². The topological polar surface area (TPSA) is 69.9 Å². The molecular weight excluding hydrogens is 701 g/mol. The van der Waals surface area contributed by atoms with Crippen LogP contribution in [0.1, 0.15) is 0 Å². The minimum Gasteiger partial charge on any atom is -0.456 e. The van der Waals surface area contributed by atoms with Crippen molar-refractivity contribution in [2.75, 3.05) is 0 Å². The van der Waals surface area contributed by atoms with Crippen LogP contribution in [0.2, 0.25) is 0 Å². The van der Waals surface area contributed by atoms with Gasteiger partial charge in [0.2, 0.25) is 5.95 Å². The fraction of sp³-hybridized carbons (Fsp3) is 0. The average Bonchev–Trinajstić information content (AvgIpc) is 3.96. The predicted octanol–water partition coefficient (Wildman–Crippen LogP) is 13.4. The maximum Gasteiger partial charge on any atom is 0.238 e. The first-order chi connectivity index (χ1) is 28.2. The first-order valence-corrected chi connectivity index (χ1v) is 19.0. The molecule has 6 heteroatoms. The van der Waals surface area contributed by atoms with Crippen molar-refractivity contribution in [3.63, 3.8) is 0 Å². The summed E-state index contributed by atoms with van der Waals surface area (Å²) in [5, 5.41) is 6.66. The summed E-state index contributed by atoms with van der Waals surface area (Å²) in [6, 6.07) is 62.6. The minimum atomic E-state index is 0.576. The number of fused-ring (bicyclic) bond motifs is 9. The van der Waals surface area contributed by atoms with Crippen LogP contribution in [0.4, 0.5) is 0 Å². The Labute approximate surface area is 325 Å². The van der Waals surface area contributed by atoms with Gasteiger partial charge in [0.15, 0.2) is 11.6 Å². The highest BCUT2D eigenvalue weighted by atomic mass is 16.3. The van der Waals surface area contributed by atoms with Crippen molar-refractivity contribution < 1.29 is 8.83 Å². The maximum atomic E-state index is 6.74. The summed E-state index contributed by atoms with van der Waals surface area (Å²) in [6.45, 7) is 0. The molecule has 0 atom stereocenters. The molecule has 0 aliphatic heterocycles. The number of hydrogen-bond donors (Lipinski definition) is 0. The number of aromatic nitrogens is 4. The molecule has 4 aromatic heterocycles. The van der Waals surface area contributed by atoms with Gasteiger partial charge in [-0.05, 0) is 53.1 Å². The molecule has 12 rings (SSSR count). The highest BCUT2D eigenvalue weighted by Crippen LogP contribution is 2.42. The van der Waals surface area contributed by atoms with E-state index in [4.69, 9.17) is 23.8 Å². The highest BCUT2D eigenvalue weighted by Gasteiger charge is 2.20. The minimum absolute atomic E-state index is 0.576. The second-order valence-corrected chi connectivity index (χ2v) is 14.4. The predicted molar refractivity (Wildman–Crippen MR) is 230 cm³/mol. The number of benzene rings is 8. The lowest BCUT2D eigenvalue weighted by atomic mass is 9.97.